The largest absolute Gasteiger partial charge is 0.497 e. The quantitative estimate of drug-likeness (QED) is 0.265. The van der Waals surface area contributed by atoms with Crippen LogP contribution in [0.5, 0.6) is 5.75 Å². The highest BCUT2D eigenvalue weighted by Gasteiger charge is 2.18. The van der Waals surface area contributed by atoms with Crippen LogP contribution >= 0.6 is 0 Å². The summed E-state index contributed by atoms with van der Waals surface area (Å²) in [7, 11) is 1.71. The molecule has 4 aromatic rings. The third-order valence-corrected chi connectivity index (χ3v) is 8.37. The lowest BCUT2D eigenvalue weighted by Crippen LogP contribution is -2.48. The Hall–Kier alpha value is -3.81. The number of aromatic nitrogens is 2. The molecular weight excluding hydrogens is 508 g/mol. The van der Waals surface area contributed by atoms with Gasteiger partial charge in [-0.1, -0.05) is 30.3 Å². The van der Waals surface area contributed by atoms with E-state index in [0.29, 0.717) is 0 Å². The second kappa shape index (κ2) is 13.2. The minimum Gasteiger partial charge on any atom is -0.497 e. The average molecular weight is 551 g/mol. The lowest BCUT2D eigenvalue weighted by Gasteiger charge is -2.36. The van der Waals surface area contributed by atoms with Gasteiger partial charge >= 0.3 is 0 Å². The first kappa shape index (κ1) is 27.4. The number of methoxy groups -OCH3 is 1. The molecule has 0 saturated carbocycles. The highest BCUT2D eigenvalue weighted by Crippen LogP contribution is 2.28. The summed E-state index contributed by atoms with van der Waals surface area (Å²) in [6.07, 6.45) is 3.93. The van der Waals surface area contributed by atoms with Crippen molar-refractivity contribution in [3.63, 3.8) is 0 Å². The summed E-state index contributed by atoms with van der Waals surface area (Å²) in [6, 6.07) is 30.1. The molecule has 0 amide bonds. The molecule has 41 heavy (non-hydrogen) atoms. The summed E-state index contributed by atoms with van der Waals surface area (Å²) in [5.74, 6) is 0.907. The number of para-hydroxylation sites is 1. The maximum atomic E-state index is 5.30. The molecule has 1 N–H and O–H groups in total. The van der Waals surface area contributed by atoms with Crippen LogP contribution in [0.2, 0.25) is 0 Å². The topological polar surface area (TPSA) is 48.8 Å². The monoisotopic (exact) mass is 550 g/mol. The molecule has 7 nitrogen and oxygen atoms in total. The first-order chi connectivity index (χ1) is 20.3. The molecular formula is C34H42N6O. The van der Waals surface area contributed by atoms with Crippen LogP contribution in [-0.2, 0) is 6.54 Å². The SMILES string of the molecule is COc1ccc(N2CCN(CCNCc3cc(-c4ccc(N5CCCCC5)cc4)n(-c4ccccc4)n3)CC2)cc1. The molecule has 0 unspecified atom stereocenters. The number of ether oxygens (including phenoxy) is 1. The molecule has 0 radical (unpaired) electrons. The van der Waals surface area contributed by atoms with Gasteiger partial charge in [-0.3, -0.25) is 4.90 Å². The molecule has 214 valence electrons. The molecule has 0 atom stereocenters. The van der Waals surface area contributed by atoms with Crippen LogP contribution in [0.25, 0.3) is 16.9 Å². The Morgan fingerprint density at radius 3 is 2.05 bits per heavy atom. The number of rotatable bonds is 10. The van der Waals surface area contributed by atoms with Gasteiger partial charge in [-0.15, -0.1) is 0 Å². The lowest BCUT2D eigenvalue weighted by molar-refractivity contribution is 0.257. The molecule has 2 aliphatic rings. The lowest BCUT2D eigenvalue weighted by atomic mass is 10.1. The zero-order valence-corrected chi connectivity index (χ0v) is 24.2. The Morgan fingerprint density at radius 1 is 0.707 bits per heavy atom. The van der Waals surface area contributed by atoms with E-state index in [-0.39, 0.29) is 0 Å². The number of nitrogens with zero attached hydrogens (tertiary/aromatic N) is 5. The molecule has 6 rings (SSSR count). The molecule has 0 spiro atoms. The van der Waals surface area contributed by atoms with Crippen LogP contribution < -0.4 is 19.9 Å². The van der Waals surface area contributed by atoms with Gasteiger partial charge in [0.25, 0.3) is 0 Å². The Kier molecular flexibility index (Phi) is 8.83. The van der Waals surface area contributed by atoms with Gasteiger partial charge in [0.2, 0.25) is 0 Å². The fourth-order valence-electron chi connectivity index (χ4n) is 5.96. The summed E-state index contributed by atoms with van der Waals surface area (Å²) < 4.78 is 7.39. The number of nitrogens with one attached hydrogen (secondary N) is 1. The Balaban J connectivity index is 1.05. The molecule has 0 bridgehead atoms. The van der Waals surface area contributed by atoms with Crippen LogP contribution in [0, 0.1) is 0 Å². The fourth-order valence-corrected chi connectivity index (χ4v) is 5.96. The summed E-state index contributed by atoms with van der Waals surface area (Å²) in [6.45, 7) is 9.32. The zero-order chi connectivity index (χ0) is 27.9. The molecule has 7 heteroatoms. The van der Waals surface area contributed by atoms with Gasteiger partial charge in [0, 0.05) is 75.8 Å². The smallest absolute Gasteiger partial charge is 0.119 e. The van der Waals surface area contributed by atoms with Crippen molar-refractivity contribution in [1.29, 1.82) is 0 Å². The van der Waals surface area contributed by atoms with Gasteiger partial charge in [-0.2, -0.15) is 5.10 Å². The van der Waals surface area contributed by atoms with Crippen LogP contribution in [-0.4, -0.2) is 74.1 Å². The Bertz CT molecular complexity index is 1350. The minimum absolute atomic E-state index is 0.754. The highest BCUT2D eigenvalue weighted by atomic mass is 16.5. The van der Waals surface area contributed by atoms with Gasteiger partial charge in [0.05, 0.1) is 24.2 Å². The number of piperazine rings is 1. The minimum atomic E-state index is 0.754. The summed E-state index contributed by atoms with van der Waals surface area (Å²) in [4.78, 5) is 7.52. The zero-order valence-electron chi connectivity index (χ0n) is 24.2. The predicted molar refractivity (Wildman–Crippen MR) is 168 cm³/mol. The van der Waals surface area contributed by atoms with Gasteiger partial charge < -0.3 is 19.9 Å². The number of hydrogen-bond donors (Lipinski definition) is 1. The van der Waals surface area contributed by atoms with E-state index in [2.05, 4.69) is 97.5 Å². The Morgan fingerprint density at radius 2 is 1.37 bits per heavy atom. The highest BCUT2D eigenvalue weighted by molar-refractivity contribution is 5.66. The fraction of sp³-hybridized carbons (Fsp3) is 0.382. The second-order valence-electron chi connectivity index (χ2n) is 11.1. The van der Waals surface area contributed by atoms with Crippen LogP contribution in [0.1, 0.15) is 25.0 Å². The van der Waals surface area contributed by atoms with Gasteiger partial charge in [0.15, 0.2) is 0 Å². The van der Waals surface area contributed by atoms with Gasteiger partial charge in [-0.05, 0) is 73.9 Å². The van der Waals surface area contributed by atoms with Crippen molar-refractivity contribution in [2.24, 2.45) is 0 Å². The van der Waals surface area contributed by atoms with Crippen molar-refractivity contribution in [2.45, 2.75) is 25.8 Å². The molecule has 2 fully saturated rings. The predicted octanol–water partition coefficient (Wildman–Crippen LogP) is 5.45. The second-order valence-corrected chi connectivity index (χ2v) is 11.1. The first-order valence-electron chi connectivity index (χ1n) is 15.1. The van der Waals surface area contributed by atoms with E-state index in [9.17, 15) is 0 Å². The van der Waals surface area contributed by atoms with E-state index in [1.807, 2.05) is 12.1 Å². The summed E-state index contributed by atoms with van der Waals surface area (Å²) >= 11 is 0. The van der Waals surface area contributed by atoms with Crippen molar-refractivity contribution in [3.8, 4) is 22.7 Å². The van der Waals surface area contributed by atoms with E-state index in [0.717, 1.165) is 81.7 Å². The van der Waals surface area contributed by atoms with E-state index >= 15 is 0 Å². The van der Waals surface area contributed by atoms with Gasteiger partial charge in [-0.25, -0.2) is 4.68 Å². The van der Waals surface area contributed by atoms with E-state index in [1.54, 1.807) is 7.11 Å². The summed E-state index contributed by atoms with van der Waals surface area (Å²) in [5, 5.41) is 8.67. The van der Waals surface area contributed by atoms with Crippen molar-refractivity contribution < 1.29 is 4.74 Å². The molecule has 3 aromatic carbocycles. The molecule has 0 aliphatic carbocycles. The molecule has 2 aliphatic heterocycles. The van der Waals surface area contributed by atoms with Crippen LogP contribution in [0.4, 0.5) is 11.4 Å². The van der Waals surface area contributed by atoms with Crippen LogP contribution in [0.15, 0.2) is 84.9 Å². The number of hydrogen-bond acceptors (Lipinski definition) is 6. The normalized spacial score (nSPS) is 16.2. The standard InChI is InChI=1S/C34H42N6O/c1-41-33-16-14-31(15-17-33)39-24-22-37(23-25-39)21-18-35-27-29-26-34(40(36-29)32-8-4-2-5-9-32)28-10-12-30(13-11-28)38-19-6-3-7-20-38/h2,4-5,8-17,26,35H,3,6-7,18-25,27H2,1H3. The average Bonchev–Trinajstić information content (AvgIpc) is 3.49. The maximum Gasteiger partial charge on any atom is 0.119 e. The van der Waals surface area contributed by atoms with Crippen molar-refractivity contribution in [1.82, 2.24) is 20.0 Å². The third kappa shape index (κ3) is 6.75. The maximum absolute atomic E-state index is 5.30. The number of anilines is 2. The van der Waals surface area contributed by atoms with Crippen molar-refractivity contribution in [3.05, 3.63) is 90.6 Å². The molecule has 1 aromatic heterocycles. The van der Waals surface area contributed by atoms with E-state index in [4.69, 9.17) is 9.84 Å². The molecule has 3 heterocycles. The first-order valence-corrected chi connectivity index (χ1v) is 15.1. The van der Waals surface area contributed by atoms with Crippen LogP contribution in [0.3, 0.4) is 0 Å². The number of benzene rings is 3. The Labute approximate surface area is 244 Å². The third-order valence-electron chi connectivity index (χ3n) is 8.37. The van der Waals surface area contributed by atoms with Gasteiger partial charge in [0.1, 0.15) is 5.75 Å². The van der Waals surface area contributed by atoms with Crippen molar-refractivity contribution >= 4 is 11.4 Å². The molecule has 2 saturated heterocycles. The number of piperidine rings is 1. The van der Waals surface area contributed by atoms with E-state index in [1.165, 1.54) is 36.2 Å². The van der Waals surface area contributed by atoms with E-state index < -0.39 is 0 Å². The summed E-state index contributed by atoms with van der Waals surface area (Å²) in [5.41, 5.74) is 7.08. The van der Waals surface area contributed by atoms with Crippen molar-refractivity contribution in [2.75, 3.05) is 69.3 Å².